The SMILES string of the molecule is C=C(C)[O][Ti]([O]C(=C)C)([O]C(=C)C)[O]C(=C)C. The predicted octanol–water partition coefficient (Wildman–Crippen LogP) is 4.00. The van der Waals surface area contributed by atoms with Crippen LogP contribution in [0.1, 0.15) is 27.7 Å². The van der Waals surface area contributed by atoms with Crippen molar-refractivity contribution in [3.05, 3.63) is 49.4 Å². The Bertz CT molecular complexity index is 277. The zero-order valence-corrected chi connectivity index (χ0v) is 12.5. The van der Waals surface area contributed by atoms with Crippen LogP contribution in [0.2, 0.25) is 0 Å². The molecule has 0 aromatic heterocycles. The Kier molecular flexibility index (Phi) is 6.14. The molecule has 17 heavy (non-hydrogen) atoms. The molecule has 0 aliphatic rings. The van der Waals surface area contributed by atoms with Crippen molar-refractivity contribution in [2.24, 2.45) is 0 Å². The summed E-state index contributed by atoms with van der Waals surface area (Å²) in [5, 5.41) is 0. The summed E-state index contributed by atoms with van der Waals surface area (Å²) in [6, 6.07) is 0. The molecule has 0 bridgehead atoms. The van der Waals surface area contributed by atoms with Gasteiger partial charge in [0.25, 0.3) is 0 Å². The second-order valence-corrected chi connectivity index (χ2v) is 6.55. The molecule has 0 aromatic rings. The molecule has 0 N–H and O–H groups in total. The fourth-order valence-corrected chi connectivity index (χ4v) is 4.03. The molecule has 0 saturated heterocycles. The fourth-order valence-electron chi connectivity index (χ4n) is 0.979. The number of allylic oxidation sites excluding steroid dienone is 4. The van der Waals surface area contributed by atoms with Crippen LogP contribution in [0, 0.1) is 0 Å². The van der Waals surface area contributed by atoms with E-state index in [1.807, 2.05) is 0 Å². The van der Waals surface area contributed by atoms with Gasteiger partial charge in [0.15, 0.2) is 0 Å². The van der Waals surface area contributed by atoms with Crippen molar-refractivity contribution in [2.45, 2.75) is 27.7 Å². The van der Waals surface area contributed by atoms with Crippen molar-refractivity contribution in [3.8, 4) is 0 Å². The summed E-state index contributed by atoms with van der Waals surface area (Å²) in [4.78, 5) is 0. The van der Waals surface area contributed by atoms with Crippen molar-refractivity contribution in [3.63, 3.8) is 0 Å². The molecule has 0 saturated carbocycles. The molecule has 0 rings (SSSR count). The summed E-state index contributed by atoms with van der Waals surface area (Å²) in [5.74, 6) is 1.75. The van der Waals surface area contributed by atoms with E-state index in [9.17, 15) is 0 Å². The van der Waals surface area contributed by atoms with E-state index in [4.69, 9.17) is 13.3 Å². The molecule has 0 amide bonds. The summed E-state index contributed by atoms with van der Waals surface area (Å²) in [6.07, 6.45) is 0. The molecule has 0 heterocycles. The van der Waals surface area contributed by atoms with Crippen LogP contribution in [0.5, 0.6) is 0 Å². The summed E-state index contributed by atoms with van der Waals surface area (Å²) in [5.41, 5.74) is 0. The third kappa shape index (κ3) is 6.92. The number of rotatable bonds is 8. The quantitative estimate of drug-likeness (QED) is 0.496. The fraction of sp³-hybridized carbons (Fsp3) is 0.333. The first-order chi connectivity index (χ1) is 7.67. The van der Waals surface area contributed by atoms with Crippen LogP contribution < -0.4 is 0 Å². The predicted molar refractivity (Wildman–Crippen MR) is 63.6 cm³/mol. The van der Waals surface area contributed by atoms with Crippen LogP contribution in [0.4, 0.5) is 0 Å². The Labute approximate surface area is 108 Å². The van der Waals surface area contributed by atoms with Gasteiger partial charge in [0.1, 0.15) is 0 Å². The topological polar surface area (TPSA) is 36.9 Å². The maximum atomic E-state index is 5.51. The minimum atomic E-state index is -4.02. The van der Waals surface area contributed by atoms with Gasteiger partial charge in [-0.05, 0) is 0 Å². The molecule has 96 valence electrons. The van der Waals surface area contributed by atoms with Gasteiger partial charge in [0.2, 0.25) is 0 Å². The van der Waals surface area contributed by atoms with E-state index in [1.165, 1.54) is 0 Å². The molecule has 4 nitrogen and oxygen atoms in total. The van der Waals surface area contributed by atoms with Gasteiger partial charge in [-0.15, -0.1) is 0 Å². The van der Waals surface area contributed by atoms with Crippen LogP contribution in [0.15, 0.2) is 49.4 Å². The van der Waals surface area contributed by atoms with Crippen LogP contribution in [0.3, 0.4) is 0 Å². The Balaban J connectivity index is 5.16. The average Bonchev–Trinajstić information content (AvgIpc) is 1.95. The van der Waals surface area contributed by atoms with Crippen LogP contribution in [-0.4, -0.2) is 0 Å². The molecule has 0 atom stereocenters. The Morgan fingerprint density at radius 2 is 0.765 bits per heavy atom. The third-order valence-electron chi connectivity index (χ3n) is 1.20. The Morgan fingerprint density at radius 1 is 0.588 bits per heavy atom. The monoisotopic (exact) mass is 276 g/mol. The van der Waals surface area contributed by atoms with Gasteiger partial charge in [-0.1, -0.05) is 0 Å². The van der Waals surface area contributed by atoms with E-state index in [0.717, 1.165) is 0 Å². The maximum absolute atomic E-state index is 5.51. The Morgan fingerprint density at radius 3 is 0.882 bits per heavy atom. The molecular weight excluding hydrogens is 256 g/mol. The van der Waals surface area contributed by atoms with E-state index in [-0.39, 0.29) is 0 Å². The molecular formula is C12H20O4Ti. The summed E-state index contributed by atoms with van der Waals surface area (Å²) in [7, 11) is 0. The summed E-state index contributed by atoms with van der Waals surface area (Å²) < 4.78 is 22.1. The average molecular weight is 276 g/mol. The van der Waals surface area contributed by atoms with Gasteiger partial charge in [-0.3, -0.25) is 0 Å². The van der Waals surface area contributed by atoms with E-state index >= 15 is 0 Å². The molecule has 5 heteroatoms. The first-order valence-corrected chi connectivity index (χ1v) is 7.60. The number of hydrogen-bond donors (Lipinski definition) is 0. The van der Waals surface area contributed by atoms with Crippen molar-refractivity contribution < 1.29 is 31.4 Å². The zero-order valence-electron chi connectivity index (χ0n) is 11.0. The van der Waals surface area contributed by atoms with Crippen LogP contribution in [-0.2, 0) is 31.4 Å². The first kappa shape index (κ1) is 15.9. The van der Waals surface area contributed by atoms with Gasteiger partial charge in [0.05, 0.1) is 0 Å². The standard InChI is InChI=1S/4C3H6O.Ti/c4*1-3(2)4;/h4*4H,1H2,2H3;/q;;;;+4/p-4. The van der Waals surface area contributed by atoms with E-state index in [0.29, 0.717) is 23.0 Å². The second-order valence-electron chi connectivity index (χ2n) is 3.72. The van der Waals surface area contributed by atoms with Gasteiger partial charge in [-0.2, -0.15) is 0 Å². The van der Waals surface area contributed by atoms with E-state index in [2.05, 4.69) is 26.3 Å². The normalized spacial score (nSPS) is 10.1. The minimum absolute atomic E-state index is 0.439. The zero-order chi connectivity index (χ0) is 13.6. The van der Waals surface area contributed by atoms with Gasteiger partial charge < -0.3 is 0 Å². The van der Waals surface area contributed by atoms with Gasteiger partial charge in [0, 0.05) is 0 Å². The molecule has 0 spiro atoms. The van der Waals surface area contributed by atoms with Crippen molar-refractivity contribution in [1.29, 1.82) is 0 Å². The van der Waals surface area contributed by atoms with Crippen molar-refractivity contribution in [2.75, 3.05) is 0 Å². The summed E-state index contributed by atoms with van der Waals surface area (Å²) in [6.45, 7) is 21.4. The summed E-state index contributed by atoms with van der Waals surface area (Å²) >= 11 is -4.02. The van der Waals surface area contributed by atoms with Crippen LogP contribution in [0.25, 0.3) is 0 Å². The Hall–Kier alpha value is -1.13. The molecule has 0 aliphatic carbocycles. The molecule has 0 fully saturated rings. The van der Waals surface area contributed by atoms with Gasteiger partial charge >= 0.3 is 108 Å². The molecule has 0 unspecified atom stereocenters. The van der Waals surface area contributed by atoms with Crippen molar-refractivity contribution >= 4 is 0 Å². The first-order valence-electron chi connectivity index (χ1n) is 5.05. The molecule has 0 aromatic carbocycles. The number of hydrogen-bond acceptors (Lipinski definition) is 4. The molecule has 0 aliphatic heterocycles. The third-order valence-corrected chi connectivity index (χ3v) is 4.94. The van der Waals surface area contributed by atoms with E-state index in [1.54, 1.807) is 27.7 Å². The van der Waals surface area contributed by atoms with E-state index < -0.39 is 18.1 Å². The second kappa shape index (κ2) is 6.57. The van der Waals surface area contributed by atoms with Gasteiger partial charge in [-0.25, -0.2) is 0 Å². The van der Waals surface area contributed by atoms with Crippen molar-refractivity contribution in [1.82, 2.24) is 0 Å². The molecule has 0 radical (unpaired) electrons. The van der Waals surface area contributed by atoms with Crippen LogP contribution >= 0.6 is 0 Å².